The van der Waals surface area contributed by atoms with E-state index in [4.69, 9.17) is 8.92 Å². The van der Waals surface area contributed by atoms with Crippen molar-refractivity contribution in [3.63, 3.8) is 0 Å². The number of amides is 1. The minimum atomic E-state index is -3.93. The molecule has 1 fully saturated rings. The van der Waals surface area contributed by atoms with Crippen LogP contribution in [-0.2, 0) is 21.5 Å². The number of rotatable bonds is 8. The van der Waals surface area contributed by atoms with E-state index in [2.05, 4.69) is 20.8 Å². The molecule has 0 N–H and O–H groups in total. The molecule has 1 aliphatic rings. The normalized spacial score (nSPS) is 14.3. The maximum atomic E-state index is 12.7. The molecule has 6 nitrogen and oxygen atoms in total. The number of nitrogens with zero attached hydrogens (tertiary/aromatic N) is 1. The minimum absolute atomic E-state index is 0.0556. The average molecular weight is 432 g/mol. The van der Waals surface area contributed by atoms with Gasteiger partial charge in [-0.3, -0.25) is 4.79 Å². The molecule has 0 aliphatic heterocycles. The topological polar surface area (TPSA) is 72.9 Å². The van der Waals surface area contributed by atoms with Gasteiger partial charge in [-0.25, -0.2) is 0 Å². The third-order valence-electron chi connectivity index (χ3n) is 4.82. The molecule has 3 rings (SSSR count). The van der Waals surface area contributed by atoms with Crippen molar-refractivity contribution in [2.24, 2.45) is 5.41 Å². The first-order valence-corrected chi connectivity index (χ1v) is 11.5. The average Bonchev–Trinajstić information content (AvgIpc) is 3.51. The Kier molecular flexibility index (Phi) is 6.41. The number of ether oxygens (including phenoxy) is 1. The maximum absolute atomic E-state index is 12.7. The molecule has 162 valence electrons. The van der Waals surface area contributed by atoms with Gasteiger partial charge < -0.3 is 13.8 Å². The second-order valence-electron chi connectivity index (χ2n) is 8.85. The third-order valence-corrected chi connectivity index (χ3v) is 6.08. The zero-order valence-electron chi connectivity index (χ0n) is 17.9. The Hall–Kier alpha value is -2.54. The van der Waals surface area contributed by atoms with Gasteiger partial charge in [0, 0.05) is 19.0 Å². The molecular weight excluding hydrogens is 402 g/mol. The van der Waals surface area contributed by atoms with Crippen molar-refractivity contribution < 1.29 is 22.1 Å². The molecule has 2 aromatic rings. The molecule has 0 radical (unpaired) electrons. The lowest BCUT2D eigenvalue weighted by atomic mass is 9.91. The lowest BCUT2D eigenvalue weighted by Gasteiger charge is -2.27. The molecule has 0 saturated heterocycles. The van der Waals surface area contributed by atoms with Crippen molar-refractivity contribution >= 4 is 16.0 Å². The fourth-order valence-electron chi connectivity index (χ4n) is 3.13. The van der Waals surface area contributed by atoms with Gasteiger partial charge in [0.05, 0.1) is 7.11 Å². The first-order chi connectivity index (χ1) is 14.1. The summed E-state index contributed by atoms with van der Waals surface area (Å²) >= 11 is 0. The lowest BCUT2D eigenvalue weighted by molar-refractivity contribution is -0.134. The van der Waals surface area contributed by atoms with E-state index in [1.54, 1.807) is 36.4 Å². The maximum Gasteiger partial charge on any atom is 0.339 e. The van der Waals surface area contributed by atoms with Crippen LogP contribution in [0.4, 0.5) is 0 Å². The van der Waals surface area contributed by atoms with Crippen molar-refractivity contribution in [1.82, 2.24) is 4.90 Å². The standard InChI is InChI=1S/C23H29NO5S/c1-23(2,3)15-22(25)24(18-7-8-18)16-17-5-9-20(10-6-17)29-30(26,27)21-13-11-19(28-4)12-14-21/h5-6,9-14,18H,7-8,15-16H2,1-4H3. The fraction of sp³-hybridized carbons (Fsp3) is 0.435. The summed E-state index contributed by atoms with van der Waals surface area (Å²) in [5.74, 6) is 0.959. The Morgan fingerprint density at radius 1 is 1.00 bits per heavy atom. The van der Waals surface area contributed by atoms with Gasteiger partial charge in [0.25, 0.3) is 0 Å². The van der Waals surface area contributed by atoms with Crippen molar-refractivity contribution in [2.75, 3.05) is 7.11 Å². The summed E-state index contributed by atoms with van der Waals surface area (Å²) in [7, 11) is -2.42. The van der Waals surface area contributed by atoms with Crippen LogP contribution in [0.2, 0.25) is 0 Å². The van der Waals surface area contributed by atoms with Crippen LogP contribution >= 0.6 is 0 Å². The molecule has 0 aromatic heterocycles. The highest BCUT2D eigenvalue weighted by Crippen LogP contribution is 2.31. The van der Waals surface area contributed by atoms with Crippen molar-refractivity contribution in [2.45, 2.75) is 57.5 Å². The van der Waals surface area contributed by atoms with Gasteiger partial charge in [-0.05, 0) is 60.2 Å². The van der Waals surface area contributed by atoms with E-state index in [1.165, 1.54) is 19.2 Å². The van der Waals surface area contributed by atoms with E-state index in [0.717, 1.165) is 18.4 Å². The van der Waals surface area contributed by atoms with Crippen LogP contribution in [0.5, 0.6) is 11.5 Å². The fourth-order valence-corrected chi connectivity index (χ4v) is 4.06. The molecule has 0 bridgehead atoms. The molecule has 0 unspecified atom stereocenters. The molecule has 0 spiro atoms. The summed E-state index contributed by atoms with van der Waals surface area (Å²) in [6.45, 7) is 6.70. The zero-order chi connectivity index (χ0) is 21.9. The quantitative estimate of drug-likeness (QED) is 0.580. The number of carbonyl (C=O) groups excluding carboxylic acids is 1. The summed E-state index contributed by atoms with van der Waals surface area (Å²) in [5.41, 5.74) is 0.885. The lowest BCUT2D eigenvalue weighted by Crippen LogP contribution is -2.34. The van der Waals surface area contributed by atoms with E-state index in [0.29, 0.717) is 24.8 Å². The molecule has 0 heterocycles. The van der Waals surface area contributed by atoms with Gasteiger partial charge in [0.1, 0.15) is 16.4 Å². The van der Waals surface area contributed by atoms with Gasteiger partial charge in [0.2, 0.25) is 5.91 Å². The van der Waals surface area contributed by atoms with E-state index in [1.807, 2.05) is 4.90 Å². The second kappa shape index (κ2) is 8.68. The highest BCUT2D eigenvalue weighted by atomic mass is 32.2. The van der Waals surface area contributed by atoms with Gasteiger partial charge >= 0.3 is 10.1 Å². The number of hydrogen-bond donors (Lipinski definition) is 0. The van der Waals surface area contributed by atoms with Gasteiger partial charge in [-0.1, -0.05) is 32.9 Å². The Bertz CT molecular complexity index is 972. The number of carbonyl (C=O) groups is 1. The molecule has 1 amide bonds. The highest BCUT2D eigenvalue weighted by Gasteiger charge is 2.33. The first kappa shape index (κ1) is 22.2. The van der Waals surface area contributed by atoms with Gasteiger partial charge in [-0.15, -0.1) is 0 Å². The predicted octanol–water partition coefficient (Wildman–Crippen LogP) is 4.39. The van der Waals surface area contributed by atoms with Crippen LogP contribution in [0.3, 0.4) is 0 Å². The zero-order valence-corrected chi connectivity index (χ0v) is 18.7. The van der Waals surface area contributed by atoms with E-state index >= 15 is 0 Å². The van der Waals surface area contributed by atoms with Gasteiger partial charge in [0.15, 0.2) is 0 Å². The van der Waals surface area contributed by atoms with E-state index in [-0.39, 0.29) is 22.0 Å². The van der Waals surface area contributed by atoms with E-state index < -0.39 is 10.1 Å². The smallest absolute Gasteiger partial charge is 0.339 e. The Balaban J connectivity index is 1.67. The third kappa shape index (κ3) is 5.98. The molecule has 2 aromatic carbocycles. The van der Waals surface area contributed by atoms with Crippen LogP contribution < -0.4 is 8.92 Å². The summed E-state index contributed by atoms with van der Waals surface area (Å²) in [5, 5.41) is 0. The predicted molar refractivity (Wildman–Crippen MR) is 115 cm³/mol. The number of methoxy groups -OCH3 is 1. The summed E-state index contributed by atoms with van der Waals surface area (Å²) in [6, 6.07) is 13.2. The molecular formula is C23H29NO5S. The largest absolute Gasteiger partial charge is 0.497 e. The SMILES string of the molecule is COc1ccc(S(=O)(=O)Oc2ccc(CN(C(=O)CC(C)(C)C)C3CC3)cc2)cc1. The summed E-state index contributed by atoms with van der Waals surface area (Å²) in [6.07, 6.45) is 2.58. The van der Waals surface area contributed by atoms with Crippen LogP contribution in [0.15, 0.2) is 53.4 Å². The van der Waals surface area contributed by atoms with E-state index in [9.17, 15) is 13.2 Å². The minimum Gasteiger partial charge on any atom is -0.497 e. The number of hydrogen-bond acceptors (Lipinski definition) is 5. The van der Waals surface area contributed by atoms with Crippen LogP contribution in [-0.4, -0.2) is 32.4 Å². The number of benzene rings is 2. The summed E-state index contributed by atoms with van der Waals surface area (Å²) in [4.78, 5) is 14.7. The summed E-state index contributed by atoms with van der Waals surface area (Å²) < 4.78 is 35.2. The van der Waals surface area contributed by atoms with Gasteiger partial charge in [-0.2, -0.15) is 8.42 Å². The molecule has 1 saturated carbocycles. The Morgan fingerprint density at radius 3 is 2.07 bits per heavy atom. The van der Waals surface area contributed by atoms with Crippen LogP contribution in [0.1, 0.15) is 45.6 Å². The second-order valence-corrected chi connectivity index (χ2v) is 10.4. The molecule has 30 heavy (non-hydrogen) atoms. The van der Waals surface area contributed by atoms with Crippen molar-refractivity contribution in [1.29, 1.82) is 0 Å². The molecule has 0 atom stereocenters. The molecule has 1 aliphatic carbocycles. The Morgan fingerprint density at radius 2 is 1.57 bits per heavy atom. The molecule has 7 heteroatoms. The first-order valence-electron chi connectivity index (χ1n) is 10.0. The van der Waals surface area contributed by atoms with Crippen LogP contribution in [0, 0.1) is 5.41 Å². The monoisotopic (exact) mass is 431 g/mol. The van der Waals surface area contributed by atoms with Crippen molar-refractivity contribution in [3.8, 4) is 11.5 Å². The Labute approximate surface area is 178 Å². The van der Waals surface area contributed by atoms with Crippen molar-refractivity contribution in [3.05, 3.63) is 54.1 Å². The van der Waals surface area contributed by atoms with Crippen LogP contribution in [0.25, 0.3) is 0 Å². The highest BCUT2D eigenvalue weighted by molar-refractivity contribution is 7.87.